The summed E-state index contributed by atoms with van der Waals surface area (Å²) >= 11 is 0. The summed E-state index contributed by atoms with van der Waals surface area (Å²) in [5.74, 6) is -1.86. The standard InChI is InChI=1S/C8H13NO4/c9-8(7(12)13)4-1-3(6(8)11)2-5(4)10/h3-6,10-11H,1-2,9H2,(H,12,13). The summed E-state index contributed by atoms with van der Waals surface area (Å²) < 4.78 is 0. The van der Waals surface area contributed by atoms with Crippen LogP contribution >= 0.6 is 0 Å². The van der Waals surface area contributed by atoms with Crippen molar-refractivity contribution in [3.8, 4) is 0 Å². The SMILES string of the molecule is NC1(C(=O)O)C(O)C2CC(O)C1C2. The Morgan fingerprint density at radius 1 is 1.38 bits per heavy atom. The number of carbonyl (C=O) groups is 1. The van der Waals surface area contributed by atoms with Crippen LogP contribution in [0.15, 0.2) is 0 Å². The van der Waals surface area contributed by atoms with E-state index in [4.69, 9.17) is 10.8 Å². The molecular weight excluding hydrogens is 174 g/mol. The molecule has 5 heteroatoms. The average molecular weight is 187 g/mol. The number of hydrogen-bond acceptors (Lipinski definition) is 4. The molecule has 2 bridgehead atoms. The van der Waals surface area contributed by atoms with Crippen molar-refractivity contribution >= 4 is 5.97 Å². The highest BCUT2D eigenvalue weighted by Gasteiger charge is 2.63. The Labute approximate surface area is 75.2 Å². The fourth-order valence-electron chi connectivity index (χ4n) is 2.72. The Morgan fingerprint density at radius 2 is 2.00 bits per heavy atom. The van der Waals surface area contributed by atoms with E-state index in [0.717, 1.165) is 0 Å². The van der Waals surface area contributed by atoms with Crippen LogP contribution in [-0.4, -0.2) is 39.0 Å². The summed E-state index contributed by atoms with van der Waals surface area (Å²) in [4.78, 5) is 10.9. The Morgan fingerprint density at radius 3 is 2.38 bits per heavy atom. The minimum atomic E-state index is -1.64. The first-order chi connectivity index (χ1) is 5.98. The van der Waals surface area contributed by atoms with Crippen LogP contribution in [-0.2, 0) is 4.79 Å². The summed E-state index contributed by atoms with van der Waals surface area (Å²) in [6, 6.07) is 0. The zero-order valence-electron chi connectivity index (χ0n) is 7.05. The first-order valence-electron chi connectivity index (χ1n) is 4.36. The number of hydrogen-bond donors (Lipinski definition) is 4. The van der Waals surface area contributed by atoms with Crippen molar-refractivity contribution in [3.05, 3.63) is 0 Å². The molecule has 5 atom stereocenters. The second-order valence-electron chi connectivity index (χ2n) is 4.09. The van der Waals surface area contributed by atoms with Gasteiger partial charge in [-0.25, -0.2) is 0 Å². The van der Waals surface area contributed by atoms with E-state index in [-0.39, 0.29) is 5.92 Å². The molecule has 5 unspecified atom stereocenters. The van der Waals surface area contributed by atoms with E-state index in [1.807, 2.05) is 0 Å². The third-order valence-corrected chi connectivity index (χ3v) is 3.49. The lowest BCUT2D eigenvalue weighted by molar-refractivity contribution is -0.154. The normalized spacial score (nSPS) is 54.1. The van der Waals surface area contributed by atoms with Gasteiger partial charge in [0.2, 0.25) is 0 Å². The molecule has 0 aromatic rings. The van der Waals surface area contributed by atoms with Gasteiger partial charge in [0.1, 0.15) is 5.54 Å². The molecular formula is C8H13NO4. The fraction of sp³-hybridized carbons (Fsp3) is 0.875. The van der Waals surface area contributed by atoms with E-state index in [9.17, 15) is 15.0 Å². The van der Waals surface area contributed by atoms with Crippen LogP contribution in [0.2, 0.25) is 0 Å². The molecule has 0 saturated heterocycles. The van der Waals surface area contributed by atoms with Crippen LogP contribution in [0.5, 0.6) is 0 Å². The molecule has 2 rings (SSSR count). The van der Waals surface area contributed by atoms with Crippen LogP contribution < -0.4 is 5.73 Å². The maximum atomic E-state index is 10.9. The summed E-state index contributed by atoms with van der Waals surface area (Å²) in [5, 5.41) is 28.0. The van der Waals surface area contributed by atoms with E-state index in [2.05, 4.69) is 0 Å². The van der Waals surface area contributed by atoms with Gasteiger partial charge in [-0.15, -0.1) is 0 Å². The van der Waals surface area contributed by atoms with Crippen LogP contribution in [0.1, 0.15) is 12.8 Å². The lowest BCUT2D eigenvalue weighted by Crippen LogP contribution is -2.63. The third-order valence-electron chi connectivity index (χ3n) is 3.49. The summed E-state index contributed by atoms with van der Waals surface area (Å²) in [7, 11) is 0. The minimum absolute atomic E-state index is 0.152. The van der Waals surface area contributed by atoms with E-state index < -0.39 is 29.6 Å². The molecule has 2 aliphatic rings. The molecule has 2 fully saturated rings. The van der Waals surface area contributed by atoms with Crippen molar-refractivity contribution < 1.29 is 20.1 Å². The van der Waals surface area contributed by atoms with Gasteiger partial charge in [-0.2, -0.15) is 0 Å². The van der Waals surface area contributed by atoms with Crippen molar-refractivity contribution in [1.82, 2.24) is 0 Å². The monoisotopic (exact) mass is 187 g/mol. The maximum absolute atomic E-state index is 10.9. The molecule has 74 valence electrons. The summed E-state index contributed by atoms with van der Waals surface area (Å²) in [5.41, 5.74) is 3.97. The largest absolute Gasteiger partial charge is 0.480 e. The van der Waals surface area contributed by atoms with Gasteiger partial charge in [-0.3, -0.25) is 4.79 Å². The highest BCUT2D eigenvalue weighted by Crippen LogP contribution is 2.49. The number of nitrogens with two attached hydrogens (primary N) is 1. The first-order valence-corrected chi connectivity index (χ1v) is 4.36. The van der Waals surface area contributed by atoms with Gasteiger partial charge in [-0.05, 0) is 18.8 Å². The zero-order valence-corrected chi connectivity index (χ0v) is 7.05. The molecule has 13 heavy (non-hydrogen) atoms. The lowest BCUT2D eigenvalue weighted by atomic mass is 9.78. The molecule has 0 aromatic heterocycles. The number of aliphatic hydroxyl groups excluding tert-OH is 2. The van der Waals surface area contributed by atoms with Gasteiger partial charge in [0.25, 0.3) is 0 Å². The predicted octanol–water partition coefficient (Wildman–Crippen LogP) is -1.47. The van der Waals surface area contributed by atoms with E-state index in [0.29, 0.717) is 12.8 Å². The van der Waals surface area contributed by atoms with E-state index in [1.54, 1.807) is 0 Å². The fourth-order valence-corrected chi connectivity index (χ4v) is 2.72. The molecule has 2 aliphatic carbocycles. The first kappa shape index (κ1) is 8.93. The number of fused-ring (bicyclic) bond motifs is 2. The lowest BCUT2D eigenvalue weighted by Gasteiger charge is -2.36. The molecule has 5 N–H and O–H groups in total. The Balaban J connectivity index is 2.35. The predicted molar refractivity (Wildman–Crippen MR) is 42.8 cm³/mol. The van der Waals surface area contributed by atoms with Crippen molar-refractivity contribution in [1.29, 1.82) is 0 Å². The van der Waals surface area contributed by atoms with Gasteiger partial charge >= 0.3 is 5.97 Å². The highest BCUT2D eigenvalue weighted by molar-refractivity contribution is 5.81. The second kappa shape index (κ2) is 2.43. The van der Waals surface area contributed by atoms with Crippen molar-refractivity contribution in [2.45, 2.75) is 30.6 Å². The van der Waals surface area contributed by atoms with E-state index in [1.165, 1.54) is 0 Å². The number of carboxylic acids is 1. The van der Waals surface area contributed by atoms with Crippen molar-refractivity contribution in [2.24, 2.45) is 17.6 Å². The maximum Gasteiger partial charge on any atom is 0.326 e. The number of aliphatic hydroxyl groups is 2. The minimum Gasteiger partial charge on any atom is -0.480 e. The van der Waals surface area contributed by atoms with E-state index >= 15 is 0 Å². The van der Waals surface area contributed by atoms with Gasteiger partial charge in [0.05, 0.1) is 12.2 Å². The Bertz CT molecular complexity index is 257. The Kier molecular flexibility index (Phi) is 1.67. The summed E-state index contributed by atoms with van der Waals surface area (Å²) in [6.07, 6.45) is -0.698. The number of rotatable bonds is 1. The van der Waals surface area contributed by atoms with Crippen LogP contribution in [0.25, 0.3) is 0 Å². The molecule has 0 radical (unpaired) electrons. The average Bonchev–Trinajstić information content (AvgIpc) is 2.52. The van der Waals surface area contributed by atoms with Gasteiger partial charge < -0.3 is 21.1 Å². The quantitative estimate of drug-likeness (QED) is 0.401. The molecule has 0 aliphatic heterocycles. The van der Waals surface area contributed by atoms with Crippen molar-refractivity contribution in [2.75, 3.05) is 0 Å². The smallest absolute Gasteiger partial charge is 0.326 e. The molecule has 2 saturated carbocycles. The van der Waals surface area contributed by atoms with Crippen LogP contribution in [0.4, 0.5) is 0 Å². The Hall–Kier alpha value is -0.650. The number of carboxylic acid groups (broad SMARTS) is 1. The van der Waals surface area contributed by atoms with Crippen molar-refractivity contribution in [3.63, 3.8) is 0 Å². The molecule has 0 spiro atoms. The van der Waals surface area contributed by atoms with Gasteiger partial charge in [0, 0.05) is 5.92 Å². The number of aliphatic carboxylic acids is 1. The zero-order chi connectivity index (χ0) is 9.80. The third kappa shape index (κ3) is 0.892. The second-order valence-corrected chi connectivity index (χ2v) is 4.09. The van der Waals surface area contributed by atoms with Gasteiger partial charge in [-0.1, -0.05) is 0 Å². The summed E-state index contributed by atoms with van der Waals surface area (Å²) in [6.45, 7) is 0. The van der Waals surface area contributed by atoms with Gasteiger partial charge in [0.15, 0.2) is 0 Å². The molecule has 0 amide bonds. The van der Waals surface area contributed by atoms with Crippen LogP contribution in [0, 0.1) is 11.8 Å². The molecule has 5 nitrogen and oxygen atoms in total. The highest BCUT2D eigenvalue weighted by atomic mass is 16.4. The topological polar surface area (TPSA) is 104 Å². The molecule has 0 aromatic carbocycles. The van der Waals surface area contributed by atoms with Crippen LogP contribution in [0.3, 0.4) is 0 Å². The molecule has 0 heterocycles.